The highest BCUT2D eigenvalue weighted by Gasteiger charge is 2.28. The van der Waals surface area contributed by atoms with Gasteiger partial charge >= 0.3 is 0 Å². The summed E-state index contributed by atoms with van der Waals surface area (Å²) in [6, 6.07) is 3.01. The molecule has 0 saturated carbocycles. The van der Waals surface area contributed by atoms with Gasteiger partial charge in [-0.15, -0.1) is 0 Å². The maximum absolute atomic E-state index is 12.4. The number of amides is 2. The summed E-state index contributed by atoms with van der Waals surface area (Å²) in [5, 5.41) is 0.395. The standard InChI is InChI=1S/C14H17Cl2N3O2/c1-18(2)13(20)9-3-5-19(6-4-9)14(21)10-7-11(15)17-12(16)8-10/h7-9H,3-6H2,1-2H3. The molecule has 5 nitrogen and oxygen atoms in total. The summed E-state index contributed by atoms with van der Waals surface area (Å²) in [7, 11) is 3.50. The highest BCUT2D eigenvalue weighted by molar-refractivity contribution is 6.33. The van der Waals surface area contributed by atoms with Crippen LogP contribution in [0.25, 0.3) is 0 Å². The van der Waals surface area contributed by atoms with E-state index in [-0.39, 0.29) is 28.0 Å². The lowest BCUT2D eigenvalue weighted by molar-refractivity contribution is -0.134. The molecule has 2 amide bonds. The number of rotatable bonds is 2. The zero-order valence-corrected chi connectivity index (χ0v) is 13.5. The van der Waals surface area contributed by atoms with Crippen molar-refractivity contribution >= 4 is 35.0 Å². The number of aromatic nitrogens is 1. The zero-order chi connectivity index (χ0) is 15.6. The van der Waals surface area contributed by atoms with Gasteiger partial charge in [0.1, 0.15) is 10.3 Å². The fraction of sp³-hybridized carbons (Fsp3) is 0.500. The molecule has 1 saturated heterocycles. The van der Waals surface area contributed by atoms with Crippen molar-refractivity contribution in [1.82, 2.24) is 14.8 Å². The van der Waals surface area contributed by atoms with Crippen LogP contribution in [-0.4, -0.2) is 53.8 Å². The molecular weight excluding hydrogens is 313 g/mol. The molecule has 0 aromatic carbocycles. The largest absolute Gasteiger partial charge is 0.349 e. The Balaban J connectivity index is 2.02. The monoisotopic (exact) mass is 329 g/mol. The van der Waals surface area contributed by atoms with Crippen molar-refractivity contribution in [3.05, 3.63) is 28.0 Å². The maximum atomic E-state index is 12.4. The van der Waals surface area contributed by atoms with E-state index in [0.29, 0.717) is 31.5 Å². The van der Waals surface area contributed by atoms with Gasteiger partial charge < -0.3 is 9.80 Å². The normalized spacial score (nSPS) is 15.9. The van der Waals surface area contributed by atoms with Gasteiger partial charge in [-0.2, -0.15) is 0 Å². The molecule has 0 aliphatic carbocycles. The molecule has 21 heavy (non-hydrogen) atoms. The van der Waals surface area contributed by atoms with Crippen LogP contribution < -0.4 is 0 Å². The SMILES string of the molecule is CN(C)C(=O)C1CCN(C(=O)c2cc(Cl)nc(Cl)c2)CC1. The molecule has 1 aliphatic heterocycles. The smallest absolute Gasteiger partial charge is 0.254 e. The Bertz CT molecular complexity index is 535. The molecule has 0 bridgehead atoms. The van der Waals surface area contributed by atoms with E-state index in [1.54, 1.807) is 23.9 Å². The van der Waals surface area contributed by atoms with E-state index < -0.39 is 0 Å². The Kier molecular flexibility index (Phi) is 5.06. The van der Waals surface area contributed by atoms with Crippen molar-refractivity contribution < 1.29 is 9.59 Å². The van der Waals surface area contributed by atoms with Crippen molar-refractivity contribution in [1.29, 1.82) is 0 Å². The van der Waals surface area contributed by atoms with Crippen molar-refractivity contribution in [3.63, 3.8) is 0 Å². The summed E-state index contributed by atoms with van der Waals surface area (Å²) in [5.74, 6) is -0.0114. The third-order valence-corrected chi connectivity index (χ3v) is 3.97. The predicted octanol–water partition coefficient (Wildman–Crippen LogP) is 2.33. The van der Waals surface area contributed by atoms with Crippen LogP contribution in [0.15, 0.2) is 12.1 Å². The molecular formula is C14H17Cl2N3O2. The van der Waals surface area contributed by atoms with E-state index in [2.05, 4.69) is 4.98 Å². The molecule has 1 aliphatic rings. The highest BCUT2D eigenvalue weighted by atomic mass is 35.5. The van der Waals surface area contributed by atoms with Crippen molar-refractivity contribution in [3.8, 4) is 0 Å². The number of piperidine rings is 1. The van der Waals surface area contributed by atoms with Crippen molar-refractivity contribution in [2.45, 2.75) is 12.8 Å². The Labute approximate surface area is 133 Å². The van der Waals surface area contributed by atoms with E-state index in [9.17, 15) is 9.59 Å². The van der Waals surface area contributed by atoms with Gasteiger partial charge in [-0.3, -0.25) is 9.59 Å². The minimum atomic E-state index is -0.128. The van der Waals surface area contributed by atoms with Crippen LogP contribution in [0.3, 0.4) is 0 Å². The lowest BCUT2D eigenvalue weighted by Gasteiger charge is -2.32. The van der Waals surface area contributed by atoms with Crippen molar-refractivity contribution in [2.24, 2.45) is 5.92 Å². The van der Waals surface area contributed by atoms with Gasteiger partial charge in [0.05, 0.1) is 0 Å². The lowest BCUT2D eigenvalue weighted by Crippen LogP contribution is -2.42. The quantitative estimate of drug-likeness (QED) is 0.782. The third-order valence-electron chi connectivity index (χ3n) is 3.58. The number of likely N-dealkylation sites (tertiary alicyclic amines) is 1. The van der Waals surface area contributed by atoms with Gasteiger partial charge in [0.15, 0.2) is 0 Å². The van der Waals surface area contributed by atoms with Gasteiger partial charge in [-0.05, 0) is 25.0 Å². The summed E-state index contributed by atoms with van der Waals surface area (Å²) in [6.07, 6.45) is 1.35. The first-order chi connectivity index (χ1) is 9.88. The number of nitrogens with zero attached hydrogens (tertiary/aromatic N) is 3. The summed E-state index contributed by atoms with van der Waals surface area (Å²) < 4.78 is 0. The first kappa shape index (κ1) is 16.0. The molecule has 114 valence electrons. The molecule has 1 fully saturated rings. The summed E-state index contributed by atoms with van der Waals surface area (Å²) in [5.41, 5.74) is 0.428. The summed E-state index contributed by atoms with van der Waals surface area (Å²) in [4.78, 5) is 31.5. The van der Waals surface area contributed by atoms with Crippen molar-refractivity contribution in [2.75, 3.05) is 27.2 Å². The number of carbonyl (C=O) groups is 2. The average molecular weight is 330 g/mol. The first-order valence-electron chi connectivity index (χ1n) is 6.72. The molecule has 0 N–H and O–H groups in total. The molecule has 0 unspecified atom stereocenters. The fourth-order valence-corrected chi connectivity index (χ4v) is 2.93. The molecule has 1 aromatic heterocycles. The minimum absolute atomic E-state index is 0.00586. The molecule has 7 heteroatoms. The topological polar surface area (TPSA) is 53.5 Å². The van der Waals surface area contributed by atoms with Gasteiger partial charge in [0.25, 0.3) is 5.91 Å². The predicted molar refractivity (Wildman–Crippen MR) is 81.6 cm³/mol. The van der Waals surface area contributed by atoms with Crippen LogP contribution in [0.1, 0.15) is 23.2 Å². The number of pyridine rings is 1. The average Bonchev–Trinajstić information content (AvgIpc) is 2.44. The molecule has 0 radical (unpaired) electrons. The summed E-state index contributed by atoms with van der Waals surface area (Å²) >= 11 is 11.6. The molecule has 0 atom stereocenters. The second-order valence-electron chi connectivity index (χ2n) is 5.30. The number of hydrogen-bond donors (Lipinski definition) is 0. The number of halogens is 2. The van der Waals surface area contributed by atoms with Gasteiger partial charge in [-0.25, -0.2) is 4.98 Å². The second kappa shape index (κ2) is 6.62. The first-order valence-corrected chi connectivity index (χ1v) is 7.47. The molecule has 2 rings (SSSR count). The Morgan fingerprint density at radius 2 is 1.71 bits per heavy atom. The Morgan fingerprint density at radius 1 is 1.19 bits per heavy atom. The Morgan fingerprint density at radius 3 is 2.19 bits per heavy atom. The van der Waals surface area contributed by atoms with Gasteiger partial charge in [0.2, 0.25) is 5.91 Å². The number of hydrogen-bond acceptors (Lipinski definition) is 3. The van der Waals surface area contributed by atoms with Crippen LogP contribution in [0.2, 0.25) is 10.3 Å². The zero-order valence-electron chi connectivity index (χ0n) is 12.0. The van der Waals surface area contributed by atoms with Crippen LogP contribution in [0.4, 0.5) is 0 Å². The molecule has 1 aromatic rings. The van der Waals surface area contributed by atoms with E-state index in [0.717, 1.165) is 0 Å². The second-order valence-corrected chi connectivity index (χ2v) is 6.07. The fourth-order valence-electron chi connectivity index (χ4n) is 2.47. The lowest BCUT2D eigenvalue weighted by atomic mass is 9.95. The molecule has 0 spiro atoms. The highest BCUT2D eigenvalue weighted by Crippen LogP contribution is 2.22. The van der Waals surface area contributed by atoms with E-state index in [1.165, 1.54) is 12.1 Å². The van der Waals surface area contributed by atoms with Gasteiger partial charge in [-0.1, -0.05) is 23.2 Å². The van der Waals surface area contributed by atoms with E-state index in [4.69, 9.17) is 23.2 Å². The van der Waals surface area contributed by atoms with Crippen LogP contribution in [-0.2, 0) is 4.79 Å². The Hall–Kier alpha value is -1.33. The summed E-state index contributed by atoms with van der Waals surface area (Å²) in [6.45, 7) is 1.11. The van der Waals surface area contributed by atoms with E-state index >= 15 is 0 Å². The third kappa shape index (κ3) is 3.86. The number of carbonyl (C=O) groups excluding carboxylic acids is 2. The maximum Gasteiger partial charge on any atom is 0.254 e. The van der Waals surface area contributed by atoms with Gasteiger partial charge in [0, 0.05) is 38.7 Å². The minimum Gasteiger partial charge on any atom is -0.349 e. The van der Waals surface area contributed by atoms with Crippen LogP contribution >= 0.6 is 23.2 Å². The van der Waals surface area contributed by atoms with E-state index in [1.807, 2.05) is 0 Å². The van der Waals surface area contributed by atoms with Crippen LogP contribution in [0, 0.1) is 5.92 Å². The van der Waals surface area contributed by atoms with Crippen LogP contribution in [0.5, 0.6) is 0 Å². The molecule has 2 heterocycles.